The fourth-order valence-electron chi connectivity index (χ4n) is 1.58. The fourth-order valence-corrected chi connectivity index (χ4v) is 3.30. The van der Waals surface area contributed by atoms with Crippen LogP contribution in [0.4, 0.5) is 5.69 Å². The molecule has 0 spiro atoms. The van der Waals surface area contributed by atoms with Gasteiger partial charge in [0.15, 0.2) is 5.03 Å². The van der Waals surface area contributed by atoms with Crippen LogP contribution in [0.2, 0.25) is 10.0 Å². The van der Waals surface area contributed by atoms with Crippen molar-refractivity contribution in [3.63, 3.8) is 0 Å². The molecule has 7 heteroatoms. The van der Waals surface area contributed by atoms with Crippen LogP contribution in [0.25, 0.3) is 0 Å². The summed E-state index contributed by atoms with van der Waals surface area (Å²) in [5.41, 5.74) is 6.28. The van der Waals surface area contributed by atoms with E-state index in [0.717, 1.165) is 0 Å². The second-order valence-corrected chi connectivity index (χ2v) is 6.62. The molecule has 0 unspecified atom stereocenters. The highest BCUT2D eigenvalue weighted by Crippen LogP contribution is 2.25. The van der Waals surface area contributed by atoms with Gasteiger partial charge in [-0.3, -0.25) is 0 Å². The van der Waals surface area contributed by atoms with Crippen molar-refractivity contribution in [2.45, 2.75) is 10.8 Å². The number of rotatable bonds is 3. The molecule has 0 bridgehead atoms. The van der Waals surface area contributed by atoms with E-state index in [2.05, 4.69) is 4.98 Å². The summed E-state index contributed by atoms with van der Waals surface area (Å²) in [5, 5.41) is 0.560. The highest BCUT2D eigenvalue weighted by atomic mass is 35.5. The van der Waals surface area contributed by atoms with Crippen molar-refractivity contribution in [2.24, 2.45) is 0 Å². The highest BCUT2D eigenvalue weighted by molar-refractivity contribution is 7.90. The Hall–Kier alpha value is -1.30. The number of pyridine rings is 1. The first-order valence-electron chi connectivity index (χ1n) is 5.27. The van der Waals surface area contributed by atoms with E-state index in [4.69, 9.17) is 28.9 Å². The Morgan fingerprint density at radius 1 is 1.16 bits per heavy atom. The largest absolute Gasteiger partial charge is 0.396 e. The molecule has 4 nitrogen and oxygen atoms in total. The molecule has 2 rings (SSSR count). The third-order valence-electron chi connectivity index (χ3n) is 2.44. The van der Waals surface area contributed by atoms with E-state index in [0.29, 0.717) is 15.6 Å². The number of aromatic nitrogens is 1. The molecule has 1 aromatic carbocycles. The van der Waals surface area contributed by atoms with E-state index in [1.165, 1.54) is 18.3 Å². The van der Waals surface area contributed by atoms with Crippen LogP contribution in [0.5, 0.6) is 0 Å². The Morgan fingerprint density at radius 3 is 2.53 bits per heavy atom. The zero-order valence-electron chi connectivity index (χ0n) is 9.68. The van der Waals surface area contributed by atoms with Gasteiger partial charge in [-0.15, -0.1) is 0 Å². The highest BCUT2D eigenvalue weighted by Gasteiger charge is 2.20. The molecule has 1 aromatic heterocycles. The molecule has 2 N–H and O–H groups in total. The summed E-state index contributed by atoms with van der Waals surface area (Å²) in [5.74, 6) is -0.231. The summed E-state index contributed by atoms with van der Waals surface area (Å²) < 4.78 is 24.4. The molecule has 100 valence electrons. The predicted molar refractivity (Wildman–Crippen MR) is 76.0 cm³/mol. The van der Waals surface area contributed by atoms with Crippen LogP contribution in [-0.4, -0.2) is 13.4 Å². The number of nitrogen functional groups attached to an aromatic ring is 1. The van der Waals surface area contributed by atoms with Crippen LogP contribution in [0.15, 0.2) is 41.6 Å². The lowest BCUT2D eigenvalue weighted by molar-refractivity contribution is 0.592. The van der Waals surface area contributed by atoms with Gasteiger partial charge in [0, 0.05) is 6.20 Å². The van der Waals surface area contributed by atoms with E-state index in [-0.39, 0.29) is 16.5 Å². The van der Waals surface area contributed by atoms with Crippen molar-refractivity contribution in [1.82, 2.24) is 4.98 Å². The summed E-state index contributed by atoms with van der Waals surface area (Å²) in [7, 11) is -3.61. The molecule has 2 aromatic rings. The smallest absolute Gasteiger partial charge is 0.201 e. The minimum atomic E-state index is -3.61. The molecular weight excluding hydrogens is 307 g/mol. The first-order valence-corrected chi connectivity index (χ1v) is 7.68. The average Bonchev–Trinajstić information content (AvgIpc) is 2.34. The molecule has 0 fully saturated rings. The minimum Gasteiger partial charge on any atom is -0.396 e. The first-order chi connectivity index (χ1) is 8.90. The van der Waals surface area contributed by atoms with Gasteiger partial charge in [-0.2, -0.15) is 0 Å². The molecule has 0 amide bonds. The molecule has 1 heterocycles. The monoisotopic (exact) mass is 316 g/mol. The Morgan fingerprint density at radius 2 is 1.89 bits per heavy atom. The fraction of sp³-hybridized carbons (Fsp3) is 0.0833. The van der Waals surface area contributed by atoms with Crippen molar-refractivity contribution < 1.29 is 8.42 Å². The number of anilines is 1. The molecule has 19 heavy (non-hydrogen) atoms. The Labute approximate surface area is 121 Å². The number of halogens is 2. The van der Waals surface area contributed by atoms with Gasteiger partial charge in [0.1, 0.15) is 0 Å². The Kier molecular flexibility index (Phi) is 3.99. The normalized spacial score (nSPS) is 11.5. The van der Waals surface area contributed by atoms with Crippen LogP contribution in [0.1, 0.15) is 5.56 Å². The summed E-state index contributed by atoms with van der Waals surface area (Å²) in [4.78, 5) is 3.81. The van der Waals surface area contributed by atoms with Crippen molar-refractivity contribution in [3.05, 3.63) is 52.1 Å². The molecule has 0 radical (unpaired) electrons. The van der Waals surface area contributed by atoms with Crippen LogP contribution < -0.4 is 5.73 Å². The topological polar surface area (TPSA) is 73.0 Å². The molecular formula is C12H10Cl2N2O2S. The Balaban J connectivity index is 2.37. The molecule has 0 aliphatic carbocycles. The van der Waals surface area contributed by atoms with Gasteiger partial charge >= 0.3 is 0 Å². The van der Waals surface area contributed by atoms with Crippen LogP contribution >= 0.6 is 23.2 Å². The van der Waals surface area contributed by atoms with Gasteiger partial charge in [0.25, 0.3) is 0 Å². The van der Waals surface area contributed by atoms with Crippen molar-refractivity contribution in [3.8, 4) is 0 Å². The summed E-state index contributed by atoms with van der Waals surface area (Å²) in [6, 6.07) is 7.74. The number of nitrogens with zero attached hydrogens (tertiary/aromatic N) is 1. The van der Waals surface area contributed by atoms with E-state index >= 15 is 0 Å². The number of hydrogen-bond donors (Lipinski definition) is 1. The van der Waals surface area contributed by atoms with E-state index < -0.39 is 9.84 Å². The van der Waals surface area contributed by atoms with Gasteiger partial charge in [0.2, 0.25) is 9.84 Å². The lowest BCUT2D eigenvalue weighted by atomic mass is 10.2. The SMILES string of the molecule is Nc1cccnc1S(=O)(=O)Cc1ccc(Cl)c(Cl)c1. The number of sulfone groups is 1. The summed E-state index contributed by atoms with van der Waals surface area (Å²) in [6.45, 7) is 0. The maximum absolute atomic E-state index is 12.2. The third-order valence-corrected chi connectivity index (χ3v) is 4.82. The predicted octanol–water partition coefficient (Wildman–Crippen LogP) is 2.94. The lowest BCUT2D eigenvalue weighted by Gasteiger charge is -2.07. The van der Waals surface area contributed by atoms with Gasteiger partial charge in [-0.25, -0.2) is 13.4 Å². The van der Waals surface area contributed by atoms with Crippen LogP contribution in [0.3, 0.4) is 0 Å². The maximum atomic E-state index is 12.2. The number of benzene rings is 1. The molecule has 0 atom stereocenters. The minimum absolute atomic E-state index is 0.124. The standard InChI is InChI=1S/C12H10Cl2N2O2S/c13-9-4-3-8(6-10(9)14)7-19(17,18)12-11(15)2-1-5-16-12/h1-6H,7,15H2. The quantitative estimate of drug-likeness (QED) is 0.944. The maximum Gasteiger partial charge on any atom is 0.201 e. The van der Waals surface area contributed by atoms with Crippen LogP contribution in [0, 0.1) is 0 Å². The average molecular weight is 317 g/mol. The van der Waals surface area contributed by atoms with E-state index in [9.17, 15) is 8.42 Å². The van der Waals surface area contributed by atoms with E-state index in [1.807, 2.05) is 0 Å². The third kappa shape index (κ3) is 3.18. The second kappa shape index (κ2) is 5.36. The van der Waals surface area contributed by atoms with Gasteiger partial charge in [-0.05, 0) is 29.8 Å². The Bertz CT molecular complexity index is 717. The molecule has 0 aliphatic rings. The van der Waals surface area contributed by atoms with E-state index in [1.54, 1.807) is 18.2 Å². The van der Waals surface area contributed by atoms with Crippen molar-refractivity contribution >= 4 is 38.7 Å². The van der Waals surface area contributed by atoms with Gasteiger partial charge < -0.3 is 5.73 Å². The van der Waals surface area contributed by atoms with Gasteiger partial charge in [-0.1, -0.05) is 29.3 Å². The summed E-state index contributed by atoms with van der Waals surface area (Å²) >= 11 is 11.6. The molecule has 0 aliphatic heterocycles. The molecule has 0 saturated carbocycles. The number of nitrogens with two attached hydrogens (primary N) is 1. The van der Waals surface area contributed by atoms with Crippen LogP contribution in [-0.2, 0) is 15.6 Å². The lowest BCUT2D eigenvalue weighted by Crippen LogP contribution is -2.09. The zero-order chi connectivity index (χ0) is 14.0. The second-order valence-electron chi connectivity index (χ2n) is 3.91. The van der Waals surface area contributed by atoms with Crippen molar-refractivity contribution in [1.29, 1.82) is 0 Å². The number of hydrogen-bond acceptors (Lipinski definition) is 4. The summed E-state index contributed by atoms with van der Waals surface area (Å²) in [6.07, 6.45) is 1.39. The van der Waals surface area contributed by atoms with Crippen molar-refractivity contribution in [2.75, 3.05) is 5.73 Å². The zero-order valence-corrected chi connectivity index (χ0v) is 12.0. The first kappa shape index (κ1) is 14.1. The van der Waals surface area contributed by atoms with Gasteiger partial charge in [0.05, 0.1) is 21.5 Å². The molecule has 0 saturated heterocycles.